The van der Waals surface area contributed by atoms with E-state index >= 15 is 0 Å². The molecule has 0 aliphatic rings. The molecule has 0 aromatic heterocycles. The number of hydrogen-bond acceptors (Lipinski definition) is 6. The first-order valence-electron chi connectivity index (χ1n) is 8.09. The third kappa shape index (κ3) is 4.99. The Kier molecular flexibility index (Phi) is 7.34. The molecule has 0 aliphatic carbocycles. The number of rotatable bonds is 10. The second-order valence-corrected chi connectivity index (χ2v) is 5.36. The molecule has 0 atom stereocenters. The van der Waals surface area contributed by atoms with Gasteiger partial charge in [-0.25, -0.2) is 0 Å². The number of nitrogens with two attached hydrogens (primary N) is 2. The number of benzene rings is 2. The van der Waals surface area contributed by atoms with Gasteiger partial charge in [0.05, 0.1) is 26.4 Å². The summed E-state index contributed by atoms with van der Waals surface area (Å²) in [6.07, 6.45) is 0.725. The molecule has 2 aromatic carbocycles. The number of hydrogen-bond donors (Lipinski definition) is 3. The Hall–Kier alpha value is -2.48. The molecule has 1 amide bonds. The van der Waals surface area contributed by atoms with Gasteiger partial charge in [0.15, 0.2) is 6.29 Å². The fourth-order valence-electron chi connectivity index (χ4n) is 2.48. The van der Waals surface area contributed by atoms with Gasteiger partial charge in [0, 0.05) is 40.7 Å². The maximum absolute atomic E-state index is 12.5. The summed E-state index contributed by atoms with van der Waals surface area (Å²) in [5, 5.41) is 4.03. The number of carbonyl (C=O) groups excluding carboxylic acids is 2. The summed E-state index contributed by atoms with van der Waals surface area (Å²) in [6.45, 7) is 2.61. The zero-order valence-electron chi connectivity index (χ0n) is 14.0. The minimum atomic E-state index is -0.276. The first-order valence-corrected chi connectivity index (χ1v) is 8.09. The highest BCUT2D eigenvalue weighted by Gasteiger charge is 2.14. The quantitative estimate of drug-likeness (QED) is 0.335. The molecule has 0 aliphatic heterocycles. The molecule has 0 saturated heterocycles. The molecule has 0 spiro atoms. The van der Waals surface area contributed by atoms with E-state index in [1.165, 1.54) is 0 Å². The van der Waals surface area contributed by atoms with Gasteiger partial charge in [-0.1, -0.05) is 12.1 Å². The van der Waals surface area contributed by atoms with Crippen molar-refractivity contribution < 1.29 is 19.1 Å². The molecule has 2 aromatic rings. The number of nitrogen functional groups attached to an aromatic ring is 1. The highest BCUT2D eigenvalue weighted by Crippen LogP contribution is 2.27. The van der Waals surface area contributed by atoms with Crippen molar-refractivity contribution in [1.29, 1.82) is 0 Å². The van der Waals surface area contributed by atoms with Crippen LogP contribution in [0.2, 0.25) is 0 Å². The maximum atomic E-state index is 12.5. The van der Waals surface area contributed by atoms with Crippen LogP contribution in [0.15, 0.2) is 30.3 Å². The molecule has 0 radical (unpaired) electrons. The Labute approximate surface area is 146 Å². The Morgan fingerprint density at radius 1 is 1.08 bits per heavy atom. The molecular formula is C18H23N3O4. The second-order valence-electron chi connectivity index (χ2n) is 5.36. The molecule has 25 heavy (non-hydrogen) atoms. The van der Waals surface area contributed by atoms with Gasteiger partial charge in [0.1, 0.15) is 0 Å². The van der Waals surface area contributed by atoms with E-state index in [0.717, 1.165) is 6.29 Å². The number of anilines is 1. The monoisotopic (exact) mass is 345 g/mol. The fraction of sp³-hybridized carbons (Fsp3) is 0.333. The summed E-state index contributed by atoms with van der Waals surface area (Å²) >= 11 is 0. The van der Waals surface area contributed by atoms with Crippen LogP contribution in [0, 0.1) is 0 Å². The van der Waals surface area contributed by atoms with Gasteiger partial charge in [-0.3, -0.25) is 9.59 Å². The first kappa shape index (κ1) is 18.9. The van der Waals surface area contributed by atoms with Crippen LogP contribution in [-0.4, -0.2) is 51.7 Å². The minimum Gasteiger partial charge on any atom is -0.398 e. The summed E-state index contributed by atoms with van der Waals surface area (Å²) in [6, 6.07) is 8.48. The third-order valence-electron chi connectivity index (χ3n) is 3.64. The van der Waals surface area contributed by atoms with Crippen molar-refractivity contribution in [3.8, 4) is 0 Å². The lowest BCUT2D eigenvalue weighted by atomic mass is 9.98. The number of ether oxygens (including phenoxy) is 2. The average Bonchev–Trinajstić information content (AvgIpc) is 2.64. The summed E-state index contributed by atoms with van der Waals surface area (Å²) < 4.78 is 10.5. The van der Waals surface area contributed by atoms with Crippen molar-refractivity contribution in [3.63, 3.8) is 0 Å². The molecule has 7 nitrogen and oxygen atoms in total. The zero-order chi connectivity index (χ0) is 18.1. The average molecular weight is 345 g/mol. The van der Waals surface area contributed by atoms with Crippen LogP contribution in [0.5, 0.6) is 0 Å². The summed E-state index contributed by atoms with van der Waals surface area (Å²) in [4.78, 5) is 23.8. The fourth-order valence-corrected chi connectivity index (χ4v) is 2.48. The van der Waals surface area contributed by atoms with Crippen LogP contribution in [0.1, 0.15) is 20.7 Å². The zero-order valence-corrected chi connectivity index (χ0v) is 14.0. The summed E-state index contributed by atoms with van der Waals surface area (Å²) in [5.41, 5.74) is 12.6. The molecule has 0 heterocycles. The van der Waals surface area contributed by atoms with Crippen LogP contribution >= 0.6 is 0 Å². The van der Waals surface area contributed by atoms with Gasteiger partial charge in [-0.2, -0.15) is 0 Å². The van der Waals surface area contributed by atoms with E-state index in [2.05, 4.69) is 5.32 Å². The second kappa shape index (κ2) is 9.73. The Morgan fingerprint density at radius 3 is 2.56 bits per heavy atom. The number of fused-ring (bicyclic) bond motifs is 1. The summed E-state index contributed by atoms with van der Waals surface area (Å²) in [7, 11) is 0. The lowest BCUT2D eigenvalue weighted by Crippen LogP contribution is -2.28. The largest absolute Gasteiger partial charge is 0.398 e. The van der Waals surface area contributed by atoms with Crippen molar-refractivity contribution in [2.45, 2.75) is 0 Å². The molecule has 0 fully saturated rings. The molecule has 0 unspecified atom stereocenters. The van der Waals surface area contributed by atoms with Crippen LogP contribution in [0.3, 0.4) is 0 Å². The van der Waals surface area contributed by atoms with Crippen LogP contribution in [0.4, 0.5) is 5.69 Å². The van der Waals surface area contributed by atoms with Crippen molar-refractivity contribution in [2.75, 3.05) is 45.3 Å². The minimum absolute atomic E-state index is 0.276. The smallest absolute Gasteiger partial charge is 0.252 e. The van der Waals surface area contributed by atoms with Crippen LogP contribution < -0.4 is 16.8 Å². The highest BCUT2D eigenvalue weighted by atomic mass is 16.5. The maximum Gasteiger partial charge on any atom is 0.252 e. The third-order valence-corrected chi connectivity index (χ3v) is 3.64. The number of nitrogens with one attached hydrogen (secondary N) is 1. The van der Waals surface area contributed by atoms with E-state index in [1.54, 1.807) is 30.3 Å². The van der Waals surface area contributed by atoms with E-state index < -0.39 is 0 Å². The molecule has 0 saturated carbocycles. The normalized spacial score (nSPS) is 10.8. The van der Waals surface area contributed by atoms with Gasteiger partial charge in [-0.15, -0.1) is 0 Å². The van der Waals surface area contributed by atoms with Crippen molar-refractivity contribution in [2.24, 2.45) is 5.73 Å². The van der Waals surface area contributed by atoms with E-state index in [1.807, 2.05) is 0 Å². The Balaban J connectivity index is 1.96. The SMILES string of the molecule is NCCOCCOCCNC(=O)c1cccc2c(N)ccc(C=O)c12. The molecule has 7 heteroatoms. The van der Waals surface area contributed by atoms with E-state index in [0.29, 0.717) is 67.1 Å². The van der Waals surface area contributed by atoms with Gasteiger partial charge >= 0.3 is 0 Å². The molecule has 5 N–H and O–H groups in total. The van der Waals surface area contributed by atoms with Gasteiger partial charge in [0.25, 0.3) is 5.91 Å². The van der Waals surface area contributed by atoms with E-state index in [9.17, 15) is 9.59 Å². The van der Waals surface area contributed by atoms with Crippen LogP contribution in [0.25, 0.3) is 10.8 Å². The Bertz CT molecular complexity index is 734. The van der Waals surface area contributed by atoms with Gasteiger partial charge in [0.2, 0.25) is 0 Å². The molecular weight excluding hydrogens is 322 g/mol. The van der Waals surface area contributed by atoms with Gasteiger partial charge in [-0.05, 0) is 18.2 Å². The van der Waals surface area contributed by atoms with Crippen molar-refractivity contribution in [1.82, 2.24) is 5.32 Å². The number of amides is 1. The van der Waals surface area contributed by atoms with E-state index in [-0.39, 0.29) is 5.91 Å². The number of carbonyl (C=O) groups is 2. The van der Waals surface area contributed by atoms with Gasteiger partial charge < -0.3 is 26.3 Å². The predicted octanol–water partition coefficient (Wildman–Crippen LogP) is 0.956. The molecule has 0 bridgehead atoms. The lowest BCUT2D eigenvalue weighted by molar-refractivity contribution is 0.0511. The summed E-state index contributed by atoms with van der Waals surface area (Å²) in [5.74, 6) is -0.276. The number of aldehydes is 1. The first-order chi connectivity index (χ1) is 12.2. The van der Waals surface area contributed by atoms with Crippen molar-refractivity contribution in [3.05, 3.63) is 41.5 Å². The standard InChI is InChI=1S/C18H23N3O4/c19-6-8-24-10-11-25-9-7-21-18(23)15-3-1-2-14-16(20)5-4-13(12-22)17(14)15/h1-5,12H,6-11,19-20H2,(H,21,23). The van der Waals surface area contributed by atoms with Crippen LogP contribution in [-0.2, 0) is 9.47 Å². The Morgan fingerprint density at radius 2 is 1.84 bits per heavy atom. The van der Waals surface area contributed by atoms with Crippen molar-refractivity contribution >= 4 is 28.7 Å². The lowest BCUT2D eigenvalue weighted by Gasteiger charge is -2.11. The molecule has 2 rings (SSSR count). The topological polar surface area (TPSA) is 117 Å². The molecule has 134 valence electrons. The highest BCUT2D eigenvalue weighted by molar-refractivity contribution is 6.14. The predicted molar refractivity (Wildman–Crippen MR) is 96.8 cm³/mol. The van der Waals surface area contributed by atoms with E-state index in [4.69, 9.17) is 20.9 Å².